The highest BCUT2D eigenvalue weighted by Crippen LogP contribution is 2.28. The van der Waals surface area contributed by atoms with Gasteiger partial charge in [0, 0.05) is 83.4 Å². The second-order valence-electron chi connectivity index (χ2n) is 13.9. The van der Waals surface area contributed by atoms with E-state index in [1.165, 1.54) is 16.8 Å². The molecule has 0 saturated carbocycles. The molecule has 47 heavy (non-hydrogen) atoms. The van der Waals surface area contributed by atoms with Crippen molar-refractivity contribution in [3.05, 3.63) is 82.1 Å². The highest BCUT2D eigenvalue weighted by Gasteiger charge is 2.31. The molecule has 2 fully saturated rings. The number of halogens is 1. The average Bonchev–Trinajstić information content (AvgIpc) is 3.31. The van der Waals surface area contributed by atoms with E-state index in [2.05, 4.69) is 74.8 Å². The molecule has 3 heterocycles. The third-order valence-electron chi connectivity index (χ3n) is 9.29. The standard InChI is InChI=1S/C37H51ClN6O3/c1-27-25-43(31-13-9-11-29(23-31)12-10-16-39-36(46)47-37(3,4)5)21-22-44(27)35(45)34-24-30(28(2)40(34)6)26-41-17-19-42(20-18-41)33-15-8-7-14-32(33)38/h7-9,11,13-15,23-24,27H,10,12,16-22,25-26H2,1-6H3,(H,39,46)/t27-/m0/s1. The Balaban J connectivity index is 1.13. The van der Waals surface area contributed by atoms with Crippen LogP contribution >= 0.6 is 11.6 Å². The van der Waals surface area contributed by atoms with Crippen molar-refractivity contribution in [2.45, 2.75) is 65.6 Å². The van der Waals surface area contributed by atoms with Gasteiger partial charge in [0.15, 0.2) is 0 Å². The van der Waals surface area contributed by atoms with E-state index >= 15 is 0 Å². The van der Waals surface area contributed by atoms with Crippen LogP contribution in [0.3, 0.4) is 0 Å². The second-order valence-corrected chi connectivity index (χ2v) is 14.3. The highest BCUT2D eigenvalue weighted by molar-refractivity contribution is 6.33. The highest BCUT2D eigenvalue weighted by atomic mass is 35.5. The molecular formula is C37H51ClN6O3. The monoisotopic (exact) mass is 662 g/mol. The number of ether oxygens (including phenoxy) is 1. The predicted octanol–water partition coefficient (Wildman–Crippen LogP) is 6.12. The molecule has 0 radical (unpaired) electrons. The second kappa shape index (κ2) is 15.0. The summed E-state index contributed by atoms with van der Waals surface area (Å²) in [6.45, 7) is 17.2. The van der Waals surface area contributed by atoms with E-state index in [9.17, 15) is 9.59 Å². The summed E-state index contributed by atoms with van der Waals surface area (Å²) < 4.78 is 7.39. The van der Waals surface area contributed by atoms with Crippen LogP contribution in [0.1, 0.15) is 61.4 Å². The number of carbonyl (C=O) groups is 2. The van der Waals surface area contributed by atoms with Crippen molar-refractivity contribution < 1.29 is 14.3 Å². The maximum absolute atomic E-state index is 13.9. The van der Waals surface area contributed by atoms with E-state index in [4.69, 9.17) is 16.3 Å². The van der Waals surface area contributed by atoms with Crippen LogP contribution < -0.4 is 15.1 Å². The van der Waals surface area contributed by atoms with Gasteiger partial charge in [-0.25, -0.2) is 4.79 Å². The van der Waals surface area contributed by atoms with Crippen LogP contribution in [-0.4, -0.2) is 90.4 Å². The fourth-order valence-corrected chi connectivity index (χ4v) is 6.83. The van der Waals surface area contributed by atoms with Crippen molar-refractivity contribution in [1.29, 1.82) is 0 Å². The summed E-state index contributed by atoms with van der Waals surface area (Å²) in [5, 5.41) is 3.64. The molecule has 1 atom stereocenters. The number of rotatable bonds is 9. The van der Waals surface area contributed by atoms with Crippen LogP contribution in [0.4, 0.5) is 16.2 Å². The molecule has 2 aromatic carbocycles. The number of para-hydroxylation sites is 1. The van der Waals surface area contributed by atoms with E-state index in [1.54, 1.807) is 0 Å². The number of nitrogens with zero attached hydrogens (tertiary/aromatic N) is 5. The smallest absolute Gasteiger partial charge is 0.407 e. The summed E-state index contributed by atoms with van der Waals surface area (Å²) in [6, 6.07) is 18.8. The Labute approximate surface area is 285 Å². The number of piperazine rings is 2. The summed E-state index contributed by atoms with van der Waals surface area (Å²) in [4.78, 5) is 35.1. The largest absolute Gasteiger partial charge is 0.444 e. The van der Waals surface area contributed by atoms with E-state index in [-0.39, 0.29) is 18.0 Å². The maximum atomic E-state index is 13.9. The lowest BCUT2D eigenvalue weighted by atomic mass is 10.1. The predicted molar refractivity (Wildman–Crippen MR) is 191 cm³/mol. The Morgan fingerprint density at radius 2 is 1.68 bits per heavy atom. The van der Waals surface area contributed by atoms with Crippen LogP contribution in [0.2, 0.25) is 5.02 Å². The first-order valence-corrected chi connectivity index (χ1v) is 17.3. The van der Waals surface area contributed by atoms with Crippen LogP contribution in [0.5, 0.6) is 0 Å². The average molecular weight is 663 g/mol. The van der Waals surface area contributed by atoms with E-state index in [0.29, 0.717) is 13.1 Å². The molecule has 1 N–H and O–H groups in total. The summed E-state index contributed by atoms with van der Waals surface area (Å²) in [6.07, 6.45) is 1.32. The SMILES string of the molecule is Cc1c(CN2CCN(c3ccccc3Cl)CC2)cc(C(=O)N2CCN(c3cccc(CCCNC(=O)OC(C)(C)C)c3)C[C@@H]2C)n1C. The molecular weight excluding hydrogens is 612 g/mol. The molecule has 2 aliphatic heterocycles. The van der Waals surface area contributed by atoms with Gasteiger partial charge < -0.3 is 29.3 Å². The number of aromatic nitrogens is 1. The number of alkyl carbamates (subject to hydrolysis) is 1. The van der Waals surface area contributed by atoms with Gasteiger partial charge in [-0.3, -0.25) is 9.69 Å². The number of nitrogens with one attached hydrogen (secondary N) is 1. The Bertz CT molecular complexity index is 1540. The minimum absolute atomic E-state index is 0.0782. The molecule has 5 rings (SSSR count). The van der Waals surface area contributed by atoms with Crippen LogP contribution in [0.25, 0.3) is 0 Å². The minimum atomic E-state index is -0.497. The van der Waals surface area contributed by atoms with Gasteiger partial charge >= 0.3 is 6.09 Å². The Morgan fingerprint density at radius 1 is 0.957 bits per heavy atom. The Morgan fingerprint density at radius 3 is 2.38 bits per heavy atom. The number of hydrogen-bond acceptors (Lipinski definition) is 6. The molecule has 0 bridgehead atoms. The minimum Gasteiger partial charge on any atom is -0.444 e. The zero-order valence-electron chi connectivity index (χ0n) is 28.9. The zero-order chi connectivity index (χ0) is 33.7. The van der Waals surface area contributed by atoms with Crippen LogP contribution in [0.15, 0.2) is 54.6 Å². The fraction of sp³-hybridized carbons (Fsp3) is 0.514. The molecule has 1 aromatic heterocycles. The normalized spacial score (nSPS) is 17.6. The van der Waals surface area contributed by atoms with E-state index in [0.717, 1.165) is 80.8 Å². The molecule has 2 aliphatic rings. The molecule has 3 aromatic rings. The van der Waals surface area contributed by atoms with E-state index < -0.39 is 5.60 Å². The number of hydrogen-bond donors (Lipinski definition) is 1. The van der Waals surface area contributed by atoms with Crippen molar-refractivity contribution in [3.8, 4) is 0 Å². The lowest BCUT2D eigenvalue weighted by Gasteiger charge is -2.41. The third-order valence-corrected chi connectivity index (χ3v) is 9.61. The molecule has 254 valence electrons. The number of aryl methyl sites for hydroxylation is 1. The molecule has 2 saturated heterocycles. The van der Waals surface area contributed by atoms with Gasteiger partial charge in [-0.05, 0) is 88.9 Å². The first kappa shape index (κ1) is 34.6. The van der Waals surface area contributed by atoms with Gasteiger partial charge in [0.2, 0.25) is 0 Å². The van der Waals surface area contributed by atoms with Gasteiger partial charge in [-0.1, -0.05) is 35.9 Å². The van der Waals surface area contributed by atoms with Crippen LogP contribution in [-0.2, 0) is 24.8 Å². The Kier molecular flexibility index (Phi) is 11.1. The quantitative estimate of drug-likeness (QED) is 0.279. The lowest BCUT2D eigenvalue weighted by molar-refractivity contribution is 0.0526. The maximum Gasteiger partial charge on any atom is 0.407 e. The van der Waals surface area contributed by atoms with Gasteiger partial charge in [-0.2, -0.15) is 0 Å². The number of carbonyl (C=O) groups excluding carboxylic acids is 2. The number of benzene rings is 2. The van der Waals surface area contributed by atoms with Crippen molar-refractivity contribution in [2.24, 2.45) is 7.05 Å². The molecule has 0 spiro atoms. The van der Waals surface area contributed by atoms with Crippen molar-refractivity contribution in [2.75, 3.05) is 62.2 Å². The summed E-state index contributed by atoms with van der Waals surface area (Å²) in [7, 11) is 2.01. The lowest BCUT2D eigenvalue weighted by Crippen LogP contribution is -2.54. The molecule has 10 heteroatoms. The van der Waals surface area contributed by atoms with Gasteiger partial charge in [0.25, 0.3) is 5.91 Å². The first-order chi connectivity index (χ1) is 22.4. The molecule has 9 nitrogen and oxygen atoms in total. The van der Waals surface area contributed by atoms with Gasteiger partial charge in [0.05, 0.1) is 10.7 Å². The van der Waals surface area contributed by atoms with Gasteiger partial charge in [0.1, 0.15) is 11.3 Å². The third kappa shape index (κ3) is 8.82. The molecule has 0 aliphatic carbocycles. The number of amides is 2. The van der Waals surface area contributed by atoms with Crippen LogP contribution in [0, 0.1) is 6.92 Å². The molecule has 0 unspecified atom stereocenters. The first-order valence-electron chi connectivity index (χ1n) is 16.9. The Hall–Kier alpha value is -3.69. The number of anilines is 2. The molecule has 2 amide bonds. The van der Waals surface area contributed by atoms with Crippen molar-refractivity contribution in [3.63, 3.8) is 0 Å². The van der Waals surface area contributed by atoms with Crippen molar-refractivity contribution in [1.82, 2.24) is 19.7 Å². The van der Waals surface area contributed by atoms with E-state index in [1.807, 2.05) is 50.9 Å². The summed E-state index contributed by atoms with van der Waals surface area (Å²) in [5.41, 5.74) is 6.13. The topological polar surface area (TPSA) is 73.3 Å². The summed E-state index contributed by atoms with van der Waals surface area (Å²) >= 11 is 6.45. The zero-order valence-corrected chi connectivity index (χ0v) is 29.6. The van der Waals surface area contributed by atoms with Gasteiger partial charge in [-0.15, -0.1) is 0 Å². The van der Waals surface area contributed by atoms with Crippen molar-refractivity contribution >= 4 is 35.0 Å². The fourth-order valence-electron chi connectivity index (χ4n) is 6.57. The summed E-state index contributed by atoms with van der Waals surface area (Å²) in [5.74, 6) is 0.101.